The monoisotopic (exact) mass is 233 g/mol. The van der Waals surface area contributed by atoms with Crippen LogP contribution in [0, 0.1) is 5.82 Å². The standard InChI is InChI=1S/C9H12FN3O.ClH/c1-14-13-9(11)12-6-7-2-4-8(10)5-3-7;/h2-5H,6H2,1H3,(H3,11,12,13);1H. The van der Waals surface area contributed by atoms with Crippen molar-refractivity contribution in [2.45, 2.75) is 6.54 Å². The van der Waals surface area contributed by atoms with Crippen molar-refractivity contribution in [1.82, 2.24) is 5.48 Å². The van der Waals surface area contributed by atoms with Crippen LogP contribution in [0.4, 0.5) is 4.39 Å². The minimum Gasteiger partial charge on any atom is -0.368 e. The maximum absolute atomic E-state index is 12.5. The molecule has 0 spiro atoms. The highest BCUT2D eigenvalue weighted by atomic mass is 35.5. The first-order chi connectivity index (χ1) is 6.72. The Morgan fingerprint density at radius 1 is 1.47 bits per heavy atom. The highest BCUT2D eigenvalue weighted by Crippen LogP contribution is 2.03. The van der Waals surface area contributed by atoms with E-state index < -0.39 is 0 Å². The lowest BCUT2D eigenvalue weighted by atomic mass is 10.2. The molecule has 3 N–H and O–H groups in total. The first-order valence-electron chi connectivity index (χ1n) is 4.05. The van der Waals surface area contributed by atoms with Crippen molar-refractivity contribution >= 4 is 18.4 Å². The molecular formula is C9H13ClFN3O. The van der Waals surface area contributed by atoms with Crippen molar-refractivity contribution in [3.8, 4) is 0 Å². The number of rotatable bonds is 3. The van der Waals surface area contributed by atoms with Gasteiger partial charge in [-0.3, -0.25) is 4.84 Å². The van der Waals surface area contributed by atoms with Gasteiger partial charge in [-0.2, -0.15) is 0 Å². The Balaban J connectivity index is 0.00000196. The summed E-state index contributed by atoms with van der Waals surface area (Å²) in [5.41, 5.74) is 8.66. The van der Waals surface area contributed by atoms with Crippen molar-refractivity contribution in [3.05, 3.63) is 35.6 Å². The molecule has 0 aliphatic heterocycles. The van der Waals surface area contributed by atoms with Crippen LogP contribution >= 0.6 is 12.4 Å². The topological polar surface area (TPSA) is 59.6 Å². The Hall–Kier alpha value is -1.33. The zero-order valence-electron chi connectivity index (χ0n) is 8.24. The summed E-state index contributed by atoms with van der Waals surface area (Å²) in [6, 6.07) is 6.06. The van der Waals surface area contributed by atoms with Crippen molar-refractivity contribution in [1.29, 1.82) is 0 Å². The van der Waals surface area contributed by atoms with Crippen molar-refractivity contribution in [2.24, 2.45) is 10.7 Å². The van der Waals surface area contributed by atoms with Crippen LogP contribution in [0.15, 0.2) is 29.3 Å². The summed E-state index contributed by atoms with van der Waals surface area (Å²) in [5, 5.41) is 0. The van der Waals surface area contributed by atoms with Gasteiger partial charge < -0.3 is 5.73 Å². The summed E-state index contributed by atoms with van der Waals surface area (Å²) < 4.78 is 12.5. The summed E-state index contributed by atoms with van der Waals surface area (Å²) in [4.78, 5) is 8.50. The van der Waals surface area contributed by atoms with Crippen LogP contribution < -0.4 is 11.2 Å². The molecule has 84 valence electrons. The molecule has 0 aliphatic rings. The van der Waals surface area contributed by atoms with E-state index in [0.717, 1.165) is 5.56 Å². The molecule has 6 heteroatoms. The van der Waals surface area contributed by atoms with Gasteiger partial charge in [0, 0.05) is 0 Å². The third kappa shape index (κ3) is 5.19. The van der Waals surface area contributed by atoms with Gasteiger partial charge in [0.1, 0.15) is 5.82 Å². The van der Waals surface area contributed by atoms with Gasteiger partial charge in [-0.15, -0.1) is 12.4 Å². The third-order valence-electron chi connectivity index (χ3n) is 1.55. The SMILES string of the molecule is CONC(N)=NCc1ccc(F)cc1.Cl. The number of nitrogens with two attached hydrogens (primary N) is 1. The van der Waals surface area contributed by atoms with Crippen LogP contribution in [-0.2, 0) is 11.4 Å². The minimum absolute atomic E-state index is 0. The van der Waals surface area contributed by atoms with Crippen molar-refractivity contribution in [3.63, 3.8) is 0 Å². The zero-order valence-corrected chi connectivity index (χ0v) is 9.05. The Morgan fingerprint density at radius 2 is 2.07 bits per heavy atom. The smallest absolute Gasteiger partial charge is 0.213 e. The fourth-order valence-electron chi connectivity index (χ4n) is 0.903. The number of hydroxylamine groups is 1. The number of aliphatic imine (C=N–C) groups is 1. The van der Waals surface area contributed by atoms with E-state index in [1.54, 1.807) is 12.1 Å². The summed E-state index contributed by atoms with van der Waals surface area (Å²) in [7, 11) is 1.44. The Labute approximate surface area is 93.7 Å². The van der Waals surface area contributed by atoms with Crippen LogP contribution in [0.2, 0.25) is 0 Å². The second kappa shape index (κ2) is 7.03. The van der Waals surface area contributed by atoms with Gasteiger partial charge >= 0.3 is 0 Å². The van der Waals surface area contributed by atoms with E-state index >= 15 is 0 Å². The lowest BCUT2D eigenvalue weighted by Crippen LogP contribution is -2.30. The lowest BCUT2D eigenvalue weighted by molar-refractivity contribution is 0.143. The number of nitrogens with zero attached hydrogens (tertiary/aromatic N) is 1. The third-order valence-corrected chi connectivity index (χ3v) is 1.55. The molecule has 0 unspecified atom stereocenters. The molecule has 1 aromatic carbocycles. The van der Waals surface area contributed by atoms with Gasteiger partial charge in [0.25, 0.3) is 0 Å². The average molecular weight is 234 g/mol. The largest absolute Gasteiger partial charge is 0.368 e. The highest BCUT2D eigenvalue weighted by Gasteiger charge is 1.93. The molecule has 4 nitrogen and oxygen atoms in total. The second-order valence-electron chi connectivity index (χ2n) is 2.63. The van der Waals surface area contributed by atoms with Crippen molar-refractivity contribution in [2.75, 3.05) is 7.11 Å². The summed E-state index contributed by atoms with van der Waals surface area (Å²) in [6.07, 6.45) is 0. The number of hydrogen-bond donors (Lipinski definition) is 2. The summed E-state index contributed by atoms with van der Waals surface area (Å²) in [6.45, 7) is 0.391. The molecule has 0 bridgehead atoms. The van der Waals surface area contributed by atoms with Crippen LogP contribution in [0.3, 0.4) is 0 Å². The van der Waals surface area contributed by atoms with Crippen LogP contribution in [-0.4, -0.2) is 13.1 Å². The molecule has 15 heavy (non-hydrogen) atoms. The predicted molar refractivity (Wildman–Crippen MR) is 59.1 cm³/mol. The van der Waals surface area contributed by atoms with Crippen LogP contribution in [0.1, 0.15) is 5.56 Å². The van der Waals surface area contributed by atoms with Gasteiger partial charge in [0.15, 0.2) is 0 Å². The molecule has 0 amide bonds. The van der Waals surface area contributed by atoms with Crippen molar-refractivity contribution < 1.29 is 9.23 Å². The molecule has 1 aromatic rings. The number of nitrogens with one attached hydrogen (secondary N) is 1. The molecular weight excluding hydrogens is 221 g/mol. The molecule has 0 radical (unpaired) electrons. The van der Waals surface area contributed by atoms with E-state index in [9.17, 15) is 4.39 Å². The Bertz CT molecular complexity index is 316. The first kappa shape index (κ1) is 13.7. The van der Waals surface area contributed by atoms with Crippen LogP contribution in [0.5, 0.6) is 0 Å². The fourth-order valence-corrected chi connectivity index (χ4v) is 0.903. The quantitative estimate of drug-likeness (QED) is 0.469. The molecule has 0 aliphatic carbocycles. The molecule has 0 atom stereocenters. The number of guanidine groups is 1. The van der Waals surface area contributed by atoms with E-state index in [1.807, 2.05) is 0 Å². The van der Waals surface area contributed by atoms with Gasteiger partial charge in [0.05, 0.1) is 13.7 Å². The average Bonchev–Trinajstić information content (AvgIpc) is 2.17. The number of halogens is 2. The van der Waals surface area contributed by atoms with E-state index in [4.69, 9.17) is 5.73 Å². The molecule has 0 saturated carbocycles. The van der Waals surface area contributed by atoms with E-state index in [1.165, 1.54) is 19.2 Å². The minimum atomic E-state index is -0.263. The first-order valence-corrected chi connectivity index (χ1v) is 4.05. The Morgan fingerprint density at radius 3 is 2.60 bits per heavy atom. The van der Waals surface area contributed by atoms with Crippen LogP contribution in [0.25, 0.3) is 0 Å². The fraction of sp³-hybridized carbons (Fsp3) is 0.222. The van der Waals surface area contributed by atoms with E-state index in [-0.39, 0.29) is 24.2 Å². The zero-order chi connectivity index (χ0) is 10.4. The lowest BCUT2D eigenvalue weighted by Gasteiger charge is -2.01. The van der Waals surface area contributed by atoms with E-state index in [2.05, 4.69) is 15.3 Å². The summed E-state index contributed by atoms with van der Waals surface area (Å²) >= 11 is 0. The maximum atomic E-state index is 12.5. The van der Waals surface area contributed by atoms with Gasteiger partial charge in [-0.1, -0.05) is 12.1 Å². The molecule has 0 heterocycles. The van der Waals surface area contributed by atoms with Gasteiger partial charge in [-0.25, -0.2) is 14.9 Å². The molecule has 0 aromatic heterocycles. The summed E-state index contributed by atoms with van der Waals surface area (Å²) in [5.74, 6) is -0.0717. The predicted octanol–water partition coefficient (Wildman–Crippen LogP) is 1.21. The van der Waals surface area contributed by atoms with Gasteiger partial charge in [-0.05, 0) is 17.7 Å². The van der Waals surface area contributed by atoms with Gasteiger partial charge in [0.2, 0.25) is 5.96 Å². The van der Waals surface area contributed by atoms with E-state index in [0.29, 0.717) is 6.54 Å². The maximum Gasteiger partial charge on any atom is 0.213 e. The molecule has 0 fully saturated rings. The highest BCUT2D eigenvalue weighted by molar-refractivity contribution is 5.85. The second-order valence-corrected chi connectivity index (χ2v) is 2.63. The molecule has 1 rings (SSSR count). The Kier molecular flexibility index (Phi) is 6.40. The number of benzene rings is 1. The molecule has 0 saturated heterocycles. The normalized spacial score (nSPS) is 10.7. The number of hydrogen-bond acceptors (Lipinski definition) is 2.